The number of aryl methyl sites for hydroxylation is 1. The molecule has 2 aromatic rings. The molecule has 0 N–H and O–H groups in total. The highest BCUT2D eigenvalue weighted by Gasteiger charge is 2.21. The summed E-state index contributed by atoms with van der Waals surface area (Å²) < 4.78 is 15.2. The minimum atomic E-state index is -0.477. The maximum absolute atomic E-state index is 12.5. The van der Waals surface area contributed by atoms with E-state index in [1.165, 1.54) is 19.1 Å². The van der Waals surface area contributed by atoms with Crippen LogP contribution in [0.4, 0.5) is 0 Å². The van der Waals surface area contributed by atoms with Gasteiger partial charge in [-0.3, -0.25) is 9.59 Å². The zero-order valence-corrected chi connectivity index (χ0v) is 14.7. The molecule has 0 aliphatic carbocycles. The number of hydrogen-bond acceptors (Lipinski definition) is 7. The number of esters is 1. The summed E-state index contributed by atoms with van der Waals surface area (Å²) >= 11 is 1.55. The fourth-order valence-electron chi connectivity index (χ4n) is 2.07. The van der Waals surface area contributed by atoms with E-state index in [-0.39, 0.29) is 18.9 Å². The Balaban J connectivity index is 2.09. The minimum Gasteiger partial charge on any atom is -0.468 e. The number of ether oxygens (including phenoxy) is 2. The van der Waals surface area contributed by atoms with E-state index in [0.717, 1.165) is 5.56 Å². The highest BCUT2D eigenvalue weighted by molar-refractivity contribution is 7.08. The molecule has 0 radical (unpaired) electrons. The third-order valence-electron chi connectivity index (χ3n) is 3.45. The third-order valence-corrected chi connectivity index (χ3v) is 4.13. The first-order valence-electron chi connectivity index (χ1n) is 7.37. The highest BCUT2D eigenvalue weighted by atomic mass is 32.1. The maximum Gasteiger partial charge on any atom is 0.325 e. The summed E-state index contributed by atoms with van der Waals surface area (Å²) in [6.07, 6.45) is 0.0557. The van der Waals surface area contributed by atoms with Crippen molar-refractivity contribution in [3.05, 3.63) is 28.3 Å². The van der Waals surface area contributed by atoms with Gasteiger partial charge in [0.05, 0.1) is 25.8 Å². The highest BCUT2D eigenvalue weighted by Crippen LogP contribution is 2.24. The Bertz CT molecular complexity index is 681. The Morgan fingerprint density at radius 1 is 1.38 bits per heavy atom. The van der Waals surface area contributed by atoms with Gasteiger partial charge in [-0.15, -0.1) is 0 Å². The maximum atomic E-state index is 12.5. The number of aromatic nitrogens is 1. The Morgan fingerprint density at radius 3 is 2.79 bits per heavy atom. The predicted molar refractivity (Wildman–Crippen MR) is 88.7 cm³/mol. The van der Waals surface area contributed by atoms with E-state index in [2.05, 4.69) is 9.72 Å². The molecule has 24 heavy (non-hydrogen) atoms. The molecule has 0 spiro atoms. The van der Waals surface area contributed by atoms with Crippen LogP contribution < -0.4 is 0 Å². The lowest BCUT2D eigenvalue weighted by molar-refractivity contribution is -0.147. The molecule has 0 saturated carbocycles. The van der Waals surface area contributed by atoms with Gasteiger partial charge < -0.3 is 18.8 Å². The number of amides is 1. The molecule has 0 bridgehead atoms. The van der Waals surface area contributed by atoms with Crippen LogP contribution >= 0.6 is 11.3 Å². The van der Waals surface area contributed by atoms with E-state index >= 15 is 0 Å². The second-order valence-electron chi connectivity index (χ2n) is 5.09. The van der Waals surface area contributed by atoms with Gasteiger partial charge in [-0.25, -0.2) is 4.98 Å². The molecule has 0 fully saturated rings. The second kappa shape index (κ2) is 8.60. The Kier molecular flexibility index (Phi) is 6.51. The van der Waals surface area contributed by atoms with Gasteiger partial charge in [0.1, 0.15) is 12.3 Å². The van der Waals surface area contributed by atoms with E-state index in [1.807, 2.05) is 16.8 Å². The van der Waals surface area contributed by atoms with Crippen molar-refractivity contribution in [3.63, 3.8) is 0 Å². The summed E-state index contributed by atoms with van der Waals surface area (Å²) in [6.45, 7) is 2.29. The molecule has 0 aliphatic rings. The summed E-state index contributed by atoms with van der Waals surface area (Å²) in [5, 5.41) is 3.86. The molecule has 130 valence electrons. The monoisotopic (exact) mass is 352 g/mol. The number of carbonyl (C=O) groups excluding carboxylic acids is 2. The summed E-state index contributed by atoms with van der Waals surface area (Å²) in [4.78, 5) is 29.8. The number of nitrogens with zero attached hydrogens (tertiary/aromatic N) is 2. The van der Waals surface area contributed by atoms with Gasteiger partial charge in [-0.1, -0.05) is 0 Å². The molecule has 0 atom stereocenters. The molecular weight excluding hydrogens is 332 g/mol. The van der Waals surface area contributed by atoms with Crippen LogP contribution in [0.25, 0.3) is 11.5 Å². The summed E-state index contributed by atoms with van der Waals surface area (Å²) in [7, 11) is 2.83. The smallest absolute Gasteiger partial charge is 0.325 e. The van der Waals surface area contributed by atoms with Crippen molar-refractivity contribution in [1.29, 1.82) is 0 Å². The van der Waals surface area contributed by atoms with Crippen LogP contribution in [0.1, 0.15) is 11.5 Å². The lowest BCUT2D eigenvalue weighted by atomic mass is 10.2. The van der Waals surface area contributed by atoms with E-state index in [4.69, 9.17) is 9.15 Å². The Labute approximate surface area is 144 Å². The summed E-state index contributed by atoms with van der Waals surface area (Å²) in [6, 6.07) is 1.91. The first-order chi connectivity index (χ1) is 11.5. The number of rotatable bonds is 8. The fourth-order valence-corrected chi connectivity index (χ4v) is 2.70. The van der Waals surface area contributed by atoms with Crippen LogP contribution in [0.3, 0.4) is 0 Å². The van der Waals surface area contributed by atoms with Gasteiger partial charge in [0.15, 0.2) is 0 Å². The van der Waals surface area contributed by atoms with Crippen LogP contribution in [0.15, 0.2) is 21.2 Å². The lowest BCUT2D eigenvalue weighted by Crippen LogP contribution is -2.39. The van der Waals surface area contributed by atoms with Crippen molar-refractivity contribution in [3.8, 4) is 11.5 Å². The van der Waals surface area contributed by atoms with Crippen LogP contribution in [0.2, 0.25) is 0 Å². The van der Waals surface area contributed by atoms with Crippen molar-refractivity contribution in [2.24, 2.45) is 0 Å². The molecule has 2 aromatic heterocycles. The van der Waals surface area contributed by atoms with Gasteiger partial charge in [0.2, 0.25) is 11.8 Å². The fraction of sp³-hybridized carbons (Fsp3) is 0.438. The first-order valence-corrected chi connectivity index (χ1v) is 8.31. The van der Waals surface area contributed by atoms with Gasteiger partial charge in [-0.2, -0.15) is 11.3 Å². The molecule has 2 rings (SSSR count). The molecule has 8 heteroatoms. The third kappa shape index (κ3) is 4.65. The minimum absolute atomic E-state index is 0.0557. The quantitative estimate of drug-likeness (QED) is 0.675. The number of thiophene rings is 1. The number of hydrogen-bond donors (Lipinski definition) is 0. The standard InChI is InChI=1S/C16H20N2O5S/c1-11-13(17-16(23-11)12-4-7-24-10-12)8-14(19)18(5-6-21-2)9-15(20)22-3/h4,7,10H,5-6,8-9H2,1-3H3. The van der Waals surface area contributed by atoms with Crippen molar-refractivity contribution in [1.82, 2.24) is 9.88 Å². The molecule has 0 aromatic carbocycles. The number of carbonyl (C=O) groups is 2. The first kappa shape index (κ1) is 18.2. The van der Waals surface area contributed by atoms with Crippen molar-refractivity contribution in [2.75, 3.05) is 33.9 Å². The number of oxazole rings is 1. The molecule has 0 saturated heterocycles. The van der Waals surface area contributed by atoms with Crippen LogP contribution in [-0.4, -0.2) is 55.7 Å². The largest absolute Gasteiger partial charge is 0.468 e. The zero-order chi connectivity index (χ0) is 17.5. The van der Waals surface area contributed by atoms with Gasteiger partial charge in [0.25, 0.3) is 0 Å². The predicted octanol–water partition coefficient (Wildman–Crippen LogP) is 1.90. The topological polar surface area (TPSA) is 81.9 Å². The van der Waals surface area contributed by atoms with Gasteiger partial charge in [-0.05, 0) is 18.4 Å². The molecule has 0 aliphatic heterocycles. The molecule has 2 heterocycles. The Morgan fingerprint density at radius 2 is 2.17 bits per heavy atom. The van der Waals surface area contributed by atoms with E-state index in [9.17, 15) is 9.59 Å². The normalized spacial score (nSPS) is 10.6. The lowest BCUT2D eigenvalue weighted by Gasteiger charge is -2.20. The zero-order valence-electron chi connectivity index (χ0n) is 13.9. The van der Waals surface area contributed by atoms with Crippen molar-refractivity contribution < 1.29 is 23.5 Å². The molecule has 0 unspecified atom stereocenters. The average molecular weight is 352 g/mol. The average Bonchev–Trinajstić information content (AvgIpc) is 3.21. The SMILES string of the molecule is COCCN(CC(=O)OC)C(=O)Cc1nc(-c2ccsc2)oc1C. The Hall–Kier alpha value is -2.19. The van der Waals surface area contributed by atoms with E-state index in [1.54, 1.807) is 18.3 Å². The van der Waals surface area contributed by atoms with Crippen molar-refractivity contribution >= 4 is 23.2 Å². The summed E-state index contributed by atoms with van der Waals surface area (Å²) in [5.41, 5.74) is 1.45. The molecule has 7 nitrogen and oxygen atoms in total. The van der Waals surface area contributed by atoms with Gasteiger partial charge in [0, 0.05) is 24.6 Å². The van der Waals surface area contributed by atoms with Crippen LogP contribution in [0.5, 0.6) is 0 Å². The number of methoxy groups -OCH3 is 2. The van der Waals surface area contributed by atoms with Gasteiger partial charge >= 0.3 is 5.97 Å². The van der Waals surface area contributed by atoms with Crippen LogP contribution in [-0.2, 0) is 25.5 Å². The van der Waals surface area contributed by atoms with E-state index in [0.29, 0.717) is 30.5 Å². The van der Waals surface area contributed by atoms with Crippen molar-refractivity contribution in [2.45, 2.75) is 13.3 Å². The second-order valence-corrected chi connectivity index (χ2v) is 5.87. The molecular formula is C16H20N2O5S. The van der Waals surface area contributed by atoms with Crippen LogP contribution in [0, 0.1) is 6.92 Å². The summed E-state index contributed by atoms with van der Waals surface area (Å²) in [5.74, 6) is 0.378. The van der Waals surface area contributed by atoms with E-state index < -0.39 is 5.97 Å². The molecule has 1 amide bonds.